The van der Waals surface area contributed by atoms with Gasteiger partial charge in [-0.15, -0.1) is 0 Å². The summed E-state index contributed by atoms with van der Waals surface area (Å²) in [5.41, 5.74) is -0.851. The third-order valence-corrected chi connectivity index (χ3v) is 13.1. The van der Waals surface area contributed by atoms with Crippen molar-refractivity contribution in [3.63, 3.8) is 0 Å². The molecule has 1 aromatic carbocycles. The van der Waals surface area contributed by atoms with Gasteiger partial charge in [0.15, 0.2) is 11.5 Å². The van der Waals surface area contributed by atoms with E-state index in [1.165, 1.54) is 23.1 Å². The van der Waals surface area contributed by atoms with Crippen LogP contribution < -0.4 is 20.1 Å². The molecule has 17 heteroatoms. The Morgan fingerprint density at radius 1 is 1.17 bits per heavy atom. The summed E-state index contributed by atoms with van der Waals surface area (Å²) in [7, 11) is -4.02. The van der Waals surface area contributed by atoms with Crippen molar-refractivity contribution in [3.8, 4) is 5.88 Å². The monoisotopic (exact) mass is 765 g/mol. The maximum absolute atomic E-state index is 14.7. The molecular weight excluding hydrogens is 722 g/mol. The molecule has 0 spiro atoms. The Morgan fingerprint density at radius 2 is 1.96 bits per heavy atom. The van der Waals surface area contributed by atoms with Crippen LogP contribution >= 0.6 is 0 Å². The summed E-state index contributed by atoms with van der Waals surface area (Å²) in [6, 6.07) is 3.66. The van der Waals surface area contributed by atoms with Gasteiger partial charge in [0.05, 0.1) is 16.8 Å². The Balaban J connectivity index is 1.20. The molecule has 5 atom stereocenters. The van der Waals surface area contributed by atoms with Crippen molar-refractivity contribution in [2.45, 2.75) is 113 Å². The zero-order valence-electron chi connectivity index (χ0n) is 30.4. The molecule has 2 aliphatic heterocycles. The summed E-state index contributed by atoms with van der Waals surface area (Å²) in [5, 5.41) is 9.48. The number of aromatic nitrogens is 3. The summed E-state index contributed by atoms with van der Waals surface area (Å²) < 4.78 is 53.5. The van der Waals surface area contributed by atoms with Crippen LogP contribution in [-0.4, -0.2) is 87.1 Å². The number of nitrogens with zero attached hydrogens (tertiary/aromatic N) is 4. The van der Waals surface area contributed by atoms with Crippen molar-refractivity contribution in [3.05, 3.63) is 59.4 Å². The first-order chi connectivity index (χ1) is 25.7. The van der Waals surface area contributed by atoms with E-state index in [2.05, 4.69) is 30.5 Å². The predicted molar refractivity (Wildman–Crippen MR) is 192 cm³/mol. The van der Waals surface area contributed by atoms with Crippen LogP contribution in [0.3, 0.4) is 0 Å². The van der Waals surface area contributed by atoms with E-state index in [1.807, 2.05) is 19.1 Å². The number of rotatable bonds is 8. The third-order valence-electron chi connectivity index (χ3n) is 11.0. The second kappa shape index (κ2) is 14.4. The molecule has 3 aromatic rings. The number of carbonyl (C=O) groups excluding carboxylic acids is 4. The number of para-hydroxylation sites is 1. The van der Waals surface area contributed by atoms with Gasteiger partial charge >= 0.3 is 0 Å². The van der Waals surface area contributed by atoms with Gasteiger partial charge in [0, 0.05) is 24.8 Å². The van der Waals surface area contributed by atoms with Gasteiger partial charge < -0.3 is 24.8 Å². The average molecular weight is 766 g/mol. The second-order valence-electron chi connectivity index (χ2n) is 15.0. The highest BCUT2D eigenvalue weighted by Gasteiger charge is 2.63. The second-order valence-corrected chi connectivity index (χ2v) is 17.2. The molecule has 4 amide bonds. The molecular formula is C37H44FN7O8S. The number of amides is 4. The number of halogens is 1. The molecule has 54 heavy (non-hydrogen) atoms. The molecule has 1 unspecified atom stereocenters. The molecule has 4 aliphatic rings. The molecule has 3 N–H and O–H groups in total. The van der Waals surface area contributed by atoms with E-state index >= 15 is 0 Å². The van der Waals surface area contributed by atoms with Crippen LogP contribution in [0.15, 0.2) is 40.9 Å². The van der Waals surface area contributed by atoms with E-state index in [0.29, 0.717) is 49.1 Å². The number of carbonyl (C=O) groups is 4. The summed E-state index contributed by atoms with van der Waals surface area (Å²) in [5.74, 6) is -3.23. The summed E-state index contributed by atoms with van der Waals surface area (Å²) in [4.78, 5) is 66.1. The molecule has 2 aliphatic carbocycles. The average Bonchev–Trinajstić information content (AvgIpc) is 3.91. The smallest absolute Gasteiger partial charge is 0.274 e. The number of sulfonamides is 1. The number of allylic oxidation sites excluding steroid dienone is 1. The van der Waals surface area contributed by atoms with Crippen LogP contribution in [0.25, 0.3) is 11.0 Å². The molecule has 15 nitrogen and oxygen atoms in total. The van der Waals surface area contributed by atoms with Crippen LogP contribution in [-0.2, 0) is 30.8 Å². The molecule has 2 saturated carbocycles. The number of hydrogen-bond acceptors (Lipinski definition) is 11. The number of ether oxygens (including phenoxy) is 1. The lowest BCUT2D eigenvalue weighted by Crippen LogP contribution is -2.58. The zero-order chi connectivity index (χ0) is 38.4. The highest BCUT2D eigenvalue weighted by molar-refractivity contribution is 7.91. The molecule has 0 radical (unpaired) electrons. The van der Waals surface area contributed by atoms with E-state index < -0.39 is 73.9 Å². The first-order valence-corrected chi connectivity index (χ1v) is 19.9. The lowest BCUT2D eigenvalue weighted by Gasteiger charge is -2.30. The fourth-order valence-electron chi connectivity index (χ4n) is 7.15. The largest absolute Gasteiger partial charge is 0.471 e. The summed E-state index contributed by atoms with van der Waals surface area (Å²) in [6.45, 7) is 4.96. The van der Waals surface area contributed by atoms with Crippen LogP contribution in [0.4, 0.5) is 4.39 Å². The minimum atomic E-state index is -4.02. The Morgan fingerprint density at radius 3 is 2.70 bits per heavy atom. The lowest BCUT2D eigenvalue weighted by atomic mass is 10.0. The van der Waals surface area contributed by atoms with Crippen LogP contribution in [0.1, 0.15) is 93.6 Å². The lowest BCUT2D eigenvalue weighted by molar-refractivity contribution is -0.141. The van der Waals surface area contributed by atoms with Gasteiger partial charge in [-0.3, -0.25) is 23.9 Å². The number of hydrogen-bond donors (Lipinski definition) is 3. The van der Waals surface area contributed by atoms with Crippen molar-refractivity contribution in [1.29, 1.82) is 0 Å². The molecule has 1 saturated heterocycles. The highest BCUT2D eigenvalue weighted by atomic mass is 32.2. The topological polar surface area (TPSA) is 203 Å². The zero-order valence-corrected chi connectivity index (χ0v) is 31.2. The Hall–Kier alpha value is -4.93. The van der Waals surface area contributed by atoms with Crippen LogP contribution in [0, 0.1) is 18.7 Å². The highest BCUT2D eigenvalue weighted by Crippen LogP contribution is 2.47. The minimum Gasteiger partial charge on any atom is -0.471 e. The van der Waals surface area contributed by atoms with E-state index in [4.69, 9.17) is 9.26 Å². The molecule has 288 valence electrons. The van der Waals surface area contributed by atoms with Crippen molar-refractivity contribution >= 4 is 44.7 Å². The fourth-order valence-corrected chi connectivity index (χ4v) is 8.46. The number of aryl methyl sites for hydroxylation is 2. The standard InChI is InChI=1S/C37H44FN7O8S/c1-4-23-17-28(43-53-23)31(46)40-27-13-9-7-5-6-8-11-22-19-37(22,35(49)44-54(50,51)36(3)15-16-36)42-32(47)29-18-24(20-45(29)34(27)48)52-33-21(2)39-26-14-10-12-25(38)30(26)41-33/h8,10-12,14,17,22,24,27,29H,4-7,9,13,15-16,18-20H2,1-3H3,(H,40,46)(H,42,47)(H,44,49)/b11-8-/t22?,24-,27+,29+,37-/m1/s1. The maximum Gasteiger partial charge on any atom is 0.274 e. The van der Waals surface area contributed by atoms with Gasteiger partial charge in [-0.05, 0) is 64.5 Å². The van der Waals surface area contributed by atoms with Gasteiger partial charge in [0.25, 0.3) is 11.8 Å². The van der Waals surface area contributed by atoms with Crippen molar-refractivity contribution in [2.75, 3.05) is 6.54 Å². The maximum atomic E-state index is 14.7. The SMILES string of the molecule is CCc1cc(C(=O)N[C@H]2CCCCC/C=C\C3C[C@@]3(C(=O)NS(=O)(=O)C3(C)CC3)NC(=O)[C@@H]3C[C@@H](Oc4nc5c(F)cccc5nc4C)CN3C2=O)no1. The van der Waals surface area contributed by atoms with Crippen molar-refractivity contribution in [1.82, 2.24) is 35.4 Å². The first kappa shape index (κ1) is 37.4. The van der Waals surface area contributed by atoms with Crippen LogP contribution in [0.5, 0.6) is 5.88 Å². The molecule has 2 aromatic heterocycles. The molecule has 4 heterocycles. The van der Waals surface area contributed by atoms with Crippen molar-refractivity contribution in [2.24, 2.45) is 5.92 Å². The Kier molecular flexibility index (Phi) is 9.95. The Bertz CT molecular complexity index is 2140. The number of fused-ring (bicyclic) bond motifs is 3. The van der Waals surface area contributed by atoms with E-state index in [9.17, 15) is 32.0 Å². The van der Waals surface area contributed by atoms with Crippen molar-refractivity contribution < 1.29 is 41.2 Å². The quantitative estimate of drug-likeness (QED) is 0.284. The molecule has 3 fully saturated rings. The minimum absolute atomic E-state index is 0.00239. The van der Waals surface area contributed by atoms with Gasteiger partial charge in [0.1, 0.15) is 40.7 Å². The van der Waals surface area contributed by atoms with Gasteiger partial charge in [-0.1, -0.05) is 43.1 Å². The predicted octanol–water partition coefficient (Wildman–Crippen LogP) is 3.17. The van der Waals surface area contributed by atoms with E-state index in [1.54, 1.807) is 19.9 Å². The summed E-state index contributed by atoms with van der Waals surface area (Å²) >= 11 is 0. The molecule has 0 bridgehead atoms. The normalized spacial score (nSPS) is 27.4. The van der Waals surface area contributed by atoms with E-state index in [0.717, 1.165) is 12.8 Å². The Labute approximate surface area is 311 Å². The summed E-state index contributed by atoms with van der Waals surface area (Å²) in [6.07, 6.45) is 7.40. The third kappa shape index (κ3) is 7.29. The first-order valence-electron chi connectivity index (χ1n) is 18.5. The molecule has 7 rings (SSSR count). The van der Waals surface area contributed by atoms with Gasteiger partial charge in [-0.25, -0.2) is 22.8 Å². The number of nitrogens with one attached hydrogen (secondary N) is 3. The fraction of sp³-hybridized carbons (Fsp3) is 0.541. The van der Waals surface area contributed by atoms with Gasteiger partial charge in [-0.2, -0.15) is 0 Å². The van der Waals surface area contributed by atoms with Crippen LogP contribution in [0.2, 0.25) is 0 Å². The van der Waals surface area contributed by atoms with Gasteiger partial charge in [0.2, 0.25) is 27.7 Å². The number of benzene rings is 1. The van der Waals surface area contributed by atoms with E-state index in [-0.39, 0.29) is 42.9 Å².